The third-order valence-corrected chi connectivity index (χ3v) is 3.50. The van der Waals surface area contributed by atoms with Gasteiger partial charge in [-0.1, -0.05) is 24.6 Å². The monoisotopic (exact) mass is 206 g/mol. The van der Waals surface area contributed by atoms with Crippen LogP contribution in [0.2, 0.25) is 0 Å². The molecule has 0 aliphatic rings. The fraction of sp³-hybridized carbons (Fsp3) is 0.500. The van der Waals surface area contributed by atoms with Crippen LogP contribution in [0.5, 0.6) is 0 Å². The van der Waals surface area contributed by atoms with Crippen LogP contribution in [0.1, 0.15) is 30.0 Å². The summed E-state index contributed by atoms with van der Waals surface area (Å²) >= 11 is 0. The third-order valence-electron chi connectivity index (χ3n) is 2.16. The van der Waals surface area contributed by atoms with Gasteiger partial charge in [0.05, 0.1) is 0 Å². The van der Waals surface area contributed by atoms with Crippen LogP contribution in [0.3, 0.4) is 0 Å². The summed E-state index contributed by atoms with van der Waals surface area (Å²) < 4.78 is 5.60. The molecule has 2 radical (unpaired) electrons. The molecule has 0 amide bonds. The summed E-state index contributed by atoms with van der Waals surface area (Å²) in [6.45, 7) is 9.47. The molecule has 1 aromatic rings. The summed E-state index contributed by atoms with van der Waals surface area (Å²) in [5.74, 6) is 0. The molecule has 2 heteroatoms. The van der Waals surface area contributed by atoms with E-state index < -0.39 is 0 Å². The highest BCUT2D eigenvalue weighted by atomic mass is 28.2. The van der Waals surface area contributed by atoms with Crippen molar-refractivity contribution in [1.82, 2.24) is 0 Å². The zero-order valence-electron chi connectivity index (χ0n) is 9.48. The standard InChI is InChI=1S/C12H18OSi/c1-5-6-13-14-12-10(3)7-9(2)8-11(12)4/h7-8H,5-6H2,1-4H3. The van der Waals surface area contributed by atoms with Gasteiger partial charge in [-0.05, 0) is 43.5 Å². The van der Waals surface area contributed by atoms with Gasteiger partial charge in [-0.15, -0.1) is 0 Å². The largest absolute Gasteiger partial charge is 0.411 e. The molecule has 1 aromatic carbocycles. The van der Waals surface area contributed by atoms with Crippen molar-refractivity contribution in [2.45, 2.75) is 34.1 Å². The number of hydrogen-bond donors (Lipinski definition) is 0. The maximum atomic E-state index is 5.60. The van der Waals surface area contributed by atoms with Crippen molar-refractivity contribution in [1.29, 1.82) is 0 Å². The summed E-state index contributed by atoms with van der Waals surface area (Å²) in [7, 11) is 0.505. The van der Waals surface area contributed by atoms with Crippen molar-refractivity contribution in [3.05, 3.63) is 28.8 Å². The lowest BCUT2D eigenvalue weighted by Gasteiger charge is -2.09. The zero-order valence-corrected chi connectivity index (χ0v) is 10.5. The SMILES string of the molecule is CCCO[Si]c1c(C)cc(C)cc1C. The van der Waals surface area contributed by atoms with Crippen molar-refractivity contribution >= 4 is 14.9 Å². The molecule has 0 atom stereocenters. The van der Waals surface area contributed by atoms with Gasteiger partial charge in [0, 0.05) is 6.61 Å². The second-order valence-electron chi connectivity index (χ2n) is 3.72. The van der Waals surface area contributed by atoms with E-state index in [1.807, 2.05) is 0 Å². The molecule has 0 heterocycles. The molecular formula is C12H18OSi. The molecule has 1 rings (SSSR count). The summed E-state index contributed by atoms with van der Waals surface area (Å²) in [4.78, 5) is 0. The zero-order chi connectivity index (χ0) is 10.6. The number of benzene rings is 1. The summed E-state index contributed by atoms with van der Waals surface area (Å²) in [5, 5.41) is 1.38. The van der Waals surface area contributed by atoms with Gasteiger partial charge >= 0.3 is 0 Å². The van der Waals surface area contributed by atoms with E-state index in [1.165, 1.54) is 21.9 Å². The first kappa shape index (κ1) is 11.5. The molecule has 0 saturated carbocycles. The normalized spacial score (nSPS) is 10.6. The average molecular weight is 206 g/mol. The highest BCUT2D eigenvalue weighted by molar-refractivity contribution is 6.48. The van der Waals surface area contributed by atoms with Crippen molar-refractivity contribution in [2.24, 2.45) is 0 Å². The first-order chi connectivity index (χ1) is 6.65. The molecule has 0 unspecified atom stereocenters. The molecule has 14 heavy (non-hydrogen) atoms. The Morgan fingerprint density at radius 2 is 1.71 bits per heavy atom. The molecule has 76 valence electrons. The number of aryl methyl sites for hydroxylation is 3. The Morgan fingerprint density at radius 1 is 1.14 bits per heavy atom. The third kappa shape index (κ3) is 2.96. The topological polar surface area (TPSA) is 9.23 Å². The van der Waals surface area contributed by atoms with Crippen LogP contribution in [-0.2, 0) is 4.43 Å². The van der Waals surface area contributed by atoms with Crippen LogP contribution in [0.25, 0.3) is 0 Å². The lowest BCUT2D eigenvalue weighted by Crippen LogP contribution is -2.24. The van der Waals surface area contributed by atoms with Crippen LogP contribution in [-0.4, -0.2) is 16.4 Å². The highest BCUT2D eigenvalue weighted by Gasteiger charge is 2.05. The predicted molar refractivity (Wildman–Crippen MR) is 62.3 cm³/mol. The van der Waals surface area contributed by atoms with E-state index in [1.54, 1.807) is 0 Å². The summed E-state index contributed by atoms with van der Waals surface area (Å²) in [6, 6.07) is 4.45. The second-order valence-corrected chi connectivity index (χ2v) is 4.72. The minimum absolute atomic E-state index is 0.505. The maximum Gasteiger partial charge on any atom is 0.269 e. The Bertz CT molecular complexity index is 284. The second kappa shape index (κ2) is 5.32. The number of hydrogen-bond acceptors (Lipinski definition) is 1. The van der Waals surface area contributed by atoms with Gasteiger partial charge in [-0.25, -0.2) is 0 Å². The van der Waals surface area contributed by atoms with Gasteiger partial charge in [0.2, 0.25) is 0 Å². The maximum absolute atomic E-state index is 5.60. The summed E-state index contributed by atoms with van der Waals surface area (Å²) in [5.41, 5.74) is 4.05. The van der Waals surface area contributed by atoms with E-state index in [0.29, 0.717) is 9.76 Å². The van der Waals surface area contributed by atoms with Crippen molar-refractivity contribution in [3.63, 3.8) is 0 Å². The Labute approximate surface area is 89.4 Å². The van der Waals surface area contributed by atoms with E-state index in [2.05, 4.69) is 39.8 Å². The smallest absolute Gasteiger partial charge is 0.269 e. The minimum Gasteiger partial charge on any atom is -0.411 e. The van der Waals surface area contributed by atoms with Crippen molar-refractivity contribution < 1.29 is 4.43 Å². The van der Waals surface area contributed by atoms with Gasteiger partial charge in [0.25, 0.3) is 9.76 Å². The van der Waals surface area contributed by atoms with Gasteiger partial charge in [-0.2, -0.15) is 0 Å². The Morgan fingerprint density at radius 3 is 2.21 bits per heavy atom. The Hall–Kier alpha value is -0.603. The minimum atomic E-state index is 0.505. The molecule has 0 aromatic heterocycles. The van der Waals surface area contributed by atoms with Crippen LogP contribution >= 0.6 is 0 Å². The molecule has 0 N–H and O–H groups in total. The van der Waals surface area contributed by atoms with E-state index in [4.69, 9.17) is 4.43 Å². The fourth-order valence-electron chi connectivity index (χ4n) is 1.57. The van der Waals surface area contributed by atoms with Gasteiger partial charge in [-0.3, -0.25) is 0 Å². The lowest BCUT2D eigenvalue weighted by atomic mass is 10.1. The van der Waals surface area contributed by atoms with Gasteiger partial charge < -0.3 is 4.43 Å². The molecule has 0 saturated heterocycles. The highest BCUT2D eigenvalue weighted by Crippen LogP contribution is 2.05. The first-order valence-corrected chi connectivity index (χ1v) is 6.01. The van der Waals surface area contributed by atoms with Crippen molar-refractivity contribution in [3.8, 4) is 0 Å². The molecular weight excluding hydrogens is 188 g/mol. The van der Waals surface area contributed by atoms with E-state index in [-0.39, 0.29) is 0 Å². The van der Waals surface area contributed by atoms with E-state index in [0.717, 1.165) is 13.0 Å². The van der Waals surface area contributed by atoms with Crippen LogP contribution in [0.4, 0.5) is 0 Å². The molecule has 0 bridgehead atoms. The molecule has 0 aliphatic carbocycles. The van der Waals surface area contributed by atoms with Gasteiger partial charge in [0.15, 0.2) is 0 Å². The molecule has 0 aliphatic heterocycles. The van der Waals surface area contributed by atoms with Crippen molar-refractivity contribution in [2.75, 3.05) is 6.61 Å². The first-order valence-electron chi connectivity index (χ1n) is 5.10. The molecule has 0 spiro atoms. The molecule has 1 nitrogen and oxygen atoms in total. The Kier molecular flexibility index (Phi) is 4.36. The Balaban J connectivity index is 2.75. The average Bonchev–Trinajstić information content (AvgIpc) is 2.09. The van der Waals surface area contributed by atoms with E-state index >= 15 is 0 Å². The number of rotatable bonds is 4. The van der Waals surface area contributed by atoms with Gasteiger partial charge in [0.1, 0.15) is 0 Å². The molecule has 0 fully saturated rings. The summed E-state index contributed by atoms with van der Waals surface area (Å²) in [6.07, 6.45) is 1.09. The fourth-order valence-corrected chi connectivity index (χ4v) is 2.48. The van der Waals surface area contributed by atoms with Crippen LogP contribution in [0, 0.1) is 20.8 Å². The quantitative estimate of drug-likeness (QED) is 0.542. The lowest BCUT2D eigenvalue weighted by molar-refractivity contribution is 0.341. The predicted octanol–water partition coefficient (Wildman–Crippen LogP) is 2.28. The van der Waals surface area contributed by atoms with Crippen LogP contribution in [0.15, 0.2) is 12.1 Å². The van der Waals surface area contributed by atoms with E-state index in [9.17, 15) is 0 Å². The van der Waals surface area contributed by atoms with Crippen LogP contribution < -0.4 is 5.19 Å².